The molecule has 1 aliphatic carbocycles. The van der Waals surface area contributed by atoms with Crippen LogP contribution in [0.15, 0.2) is 27.6 Å². The Hall–Kier alpha value is -0.140. The predicted octanol–water partition coefficient (Wildman–Crippen LogP) is 2.12. The summed E-state index contributed by atoms with van der Waals surface area (Å²) in [6, 6.07) is 4.56. The standard InChI is InChI=1S/C11H14BrClN2O2S/c12-11-8(13)2-1-3-10(11)18(16,17)15-9(6-14)7-4-5-7/h1-3,7,9,15H,4-6,14H2. The van der Waals surface area contributed by atoms with Crippen molar-refractivity contribution < 1.29 is 8.42 Å². The van der Waals surface area contributed by atoms with Gasteiger partial charge in [-0.15, -0.1) is 0 Å². The van der Waals surface area contributed by atoms with Gasteiger partial charge in [-0.3, -0.25) is 0 Å². The molecule has 0 heterocycles. The highest BCUT2D eigenvalue weighted by atomic mass is 79.9. The normalized spacial score (nSPS) is 17.7. The second-order valence-electron chi connectivity index (χ2n) is 4.35. The van der Waals surface area contributed by atoms with E-state index >= 15 is 0 Å². The van der Waals surface area contributed by atoms with Gasteiger partial charge in [-0.2, -0.15) is 0 Å². The molecule has 0 amide bonds. The van der Waals surface area contributed by atoms with Crippen molar-refractivity contribution in [2.45, 2.75) is 23.8 Å². The Kier molecular flexibility index (Phi) is 4.33. The first kappa shape index (κ1) is 14.3. The van der Waals surface area contributed by atoms with E-state index in [0.29, 0.717) is 22.0 Å². The van der Waals surface area contributed by atoms with Crippen LogP contribution in [0.4, 0.5) is 0 Å². The van der Waals surface area contributed by atoms with Crippen molar-refractivity contribution in [1.82, 2.24) is 4.72 Å². The third kappa shape index (κ3) is 3.05. The maximum Gasteiger partial charge on any atom is 0.242 e. The number of hydrogen-bond donors (Lipinski definition) is 2. The van der Waals surface area contributed by atoms with Gasteiger partial charge in [-0.1, -0.05) is 17.7 Å². The topological polar surface area (TPSA) is 72.2 Å². The van der Waals surface area contributed by atoms with Gasteiger partial charge in [0.2, 0.25) is 10.0 Å². The Morgan fingerprint density at radius 3 is 2.72 bits per heavy atom. The van der Waals surface area contributed by atoms with Crippen molar-refractivity contribution in [3.63, 3.8) is 0 Å². The van der Waals surface area contributed by atoms with Crippen molar-refractivity contribution in [3.05, 3.63) is 27.7 Å². The third-order valence-corrected chi connectivity index (χ3v) is 6.15. The van der Waals surface area contributed by atoms with Gasteiger partial charge in [0.15, 0.2) is 0 Å². The van der Waals surface area contributed by atoms with E-state index in [2.05, 4.69) is 20.7 Å². The van der Waals surface area contributed by atoms with Crippen LogP contribution in [0.2, 0.25) is 5.02 Å². The lowest BCUT2D eigenvalue weighted by Crippen LogP contribution is -2.41. The SMILES string of the molecule is NCC(NS(=O)(=O)c1cccc(Cl)c1Br)C1CC1. The van der Waals surface area contributed by atoms with Crippen LogP contribution in [-0.4, -0.2) is 21.0 Å². The molecule has 1 aromatic rings. The summed E-state index contributed by atoms with van der Waals surface area (Å²) < 4.78 is 27.5. The average molecular weight is 354 g/mol. The van der Waals surface area contributed by atoms with Crippen molar-refractivity contribution in [2.24, 2.45) is 11.7 Å². The number of rotatable bonds is 5. The Morgan fingerprint density at radius 1 is 1.50 bits per heavy atom. The summed E-state index contributed by atoms with van der Waals surface area (Å²) in [6.07, 6.45) is 2.06. The van der Waals surface area contributed by atoms with E-state index in [9.17, 15) is 8.42 Å². The van der Waals surface area contributed by atoms with E-state index in [-0.39, 0.29) is 10.9 Å². The van der Waals surface area contributed by atoms with E-state index in [1.807, 2.05) is 0 Å². The first-order chi connectivity index (χ1) is 8.45. The van der Waals surface area contributed by atoms with Crippen LogP contribution in [0.5, 0.6) is 0 Å². The van der Waals surface area contributed by atoms with Crippen LogP contribution < -0.4 is 10.5 Å². The van der Waals surface area contributed by atoms with Crippen LogP contribution in [-0.2, 0) is 10.0 Å². The molecule has 0 aliphatic heterocycles. The lowest BCUT2D eigenvalue weighted by atomic mass is 10.2. The Morgan fingerprint density at radius 2 is 2.17 bits per heavy atom. The van der Waals surface area contributed by atoms with Crippen molar-refractivity contribution in [3.8, 4) is 0 Å². The van der Waals surface area contributed by atoms with Gasteiger partial charge in [0, 0.05) is 12.6 Å². The minimum Gasteiger partial charge on any atom is -0.329 e. The molecule has 1 aliphatic rings. The van der Waals surface area contributed by atoms with Crippen LogP contribution in [0.1, 0.15) is 12.8 Å². The summed E-state index contributed by atoms with van der Waals surface area (Å²) in [5.74, 6) is 0.364. The van der Waals surface area contributed by atoms with Gasteiger partial charge in [0.1, 0.15) is 0 Å². The number of benzene rings is 1. The summed E-state index contributed by atoms with van der Waals surface area (Å²) in [7, 11) is -3.59. The molecule has 0 spiro atoms. The molecule has 1 unspecified atom stereocenters. The zero-order chi connectivity index (χ0) is 13.3. The molecule has 2 rings (SSSR count). The monoisotopic (exact) mass is 352 g/mol. The Labute approximate surface area is 120 Å². The number of hydrogen-bond acceptors (Lipinski definition) is 3. The van der Waals surface area contributed by atoms with E-state index in [4.69, 9.17) is 17.3 Å². The van der Waals surface area contributed by atoms with E-state index < -0.39 is 10.0 Å². The number of nitrogens with one attached hydrogen (secondary N) is 1. The molecule has 1 saturated carbocycles. The lowest BCUT2D eigenvalue weighted by molar-refractivity contribution is 0.519. The zero-order valence-electron chi connectivity index (χ0n) is 9.57. The molecule has 1 fully saturated rings. The Bertz CT molecular complexity index is 546. The number of sulfonamides is 1. The molecular formula is C11H14BrClN2O2S. The first-order valence-corrected chi connectivity index (χ1v) is 8.27. The van der Waals surface area contributed by atoms with E-state index in [1.165, 1.54) is 6.07 Å². The second kappa shape index (κ2) is 5.46. The largest absolute Gasteiger partial charge is 0.329 e. The predicted molar refractivity (Wildman–Crippen MR) is 75.0 cm³/mol. The van der Waals surface area contributed by atoms with Gasteiger partial charge in [0.25, 0.3) is 0 Å². The average Bonchev–Trinajstić information content (AvgIpc) is 3.13. The van der Waals surface area contributed by atoms with Crippen LogP contribution in [0.3, 0.4) is 0 Å². The lowest BCUT2D eigenvalue weighted by Gasteiger charge is -2.17. The summed E-state index contributed by atoms with van der Waals surface area (Å²) in [5.41, 5.74) is 5.60. The molecule has 7 heteroatoms. The summed E-state index contributed by atoms with van der Waals surface area (Å²) in [5, 5.41) is 0.369. The molecule has 0 bridgehead atoms. The maximum absolute atomic E-state index is 12.3. The minimum atomic E-state index is -3.59. The molecular weight excluding hydrogens is 340 g/mol. The fraction of sp³-hybridized carbons (Fsp3) is 0.455. The first-order valence-electron chi connectivity index (χ1n) is 5.62. The highest BCUT2D eigenvalue weighted by Gasteiger charge is 2.34. The van der Waals surface area contributed by atoms with Gasteiger partial charge < -0.3 is 5.73 Å². The highest BCUT2D eigenvalue weighted by Crippen LogP contribution is 2.34. The molecule has 0 radical (unpaired) electrons. The van der Waals surface area contributed by atoms with Crippen molar-refractivity contribution in [2.75, 3.05) is 6.54 Å². The fourth-order valence-electron chi connectivity index (χ4n) is 1.79. The highest BCUT2D eigenvalue weighted by molar-refractivity contribution is 9.10. The van der Waals surface area contributed by atoms with Gasteiger partial charge >= 0.3 is 0 Å². The number of nitrogens with two attached hydrogens (primary N) is 1. The molecule has 4 nitrogen and oxygen atoms in total. The van der Waals surface area contributed by atoms with Crippen LogP contribution in [0, 0.1) is 5.92 Å². The molecule has 1 aromatic carbocycles. The summed E-state index contributed by atoms with van der Waals surface area (Å²) >= 11 is 9.10. The maximum atomic E-state index is 12.3. The Balaban J connectivity index is 2.27. The molecule has 0 saturated heterocycles. The zero-order valence-corrected chi connectivity index (χ0v) is 12.7. The van der Waals surface area contributed by atoms with E-state index in [1.54, 1.807) is 12.1 Å². The van der Waals surface area contributed by atoms with Gasteiger partial charge in [-0.05, 0) is 46.8 Å². The quantitative estimate of drug-likeness (QED) is 0.851. The molecule has 0 aromatic heterocycles. The second-order valence-corrected chi connectivity index (χ2v) is 7.24. The molecule has 1 atom stereocenters. The number of halogens is 2. The smallest absolute Gasteiger partial charge is 0.242 e. The third-order valence-electron chi connectivity index (χ3n) is 2.96. The van der Waals surface area contributed by atoms with Gasteiger partial charge in [0.05, 0.1) is 14.4 Å². The molecule has 100 valence electrons. The molecule has 3 N–H and O–H groups in total. The van der Waals surface area contributed by atoms with Gasteiger partial charge in [-0.25, -0.2) is 13.1 Å². The molecule has 18 heavy (non-hydrogen) atoms. The van der Waals surface area contributed by atoms with Crippen LogP contribution in [0.25, 0.3) is 0 Å². The summed E-state index contributed by atoms with van der Waals surface area (Å²) in [4.78, 5) is 0.147. The van der Waals surface area contributed by atoms with Crippen molar-refractivity contribution in [1.29, 1.82) is 0 Å². The summed E-state index contributed by atoms with van der Waals surface area (Å²) in [6.45, 7) is 0.308. The van der Waals surface area contributed by atoms with E-state index in [0.717, 1.165) is 12.8 Å². The minimum absolute atomic E-state index is 0.147. The fourth-order valence-corrected chi connectivity index (χ4v) is 4.34. The van der Waals surface area contributed by atoms with Crippen molar-refractivity contribution >= 4 is 37.6 Å². The van der Waals surface area contributed by atoms with Crippen LogP contribution >= 0.6 is 27.5 Å².